The minimum atomic E-state index is -0.622. The summed E-state index contributed by atoms with van der Waals surface area (Å²) in [6.45, 7) is 5.97. The number of amides is 2. The van der Waals surface area contributed by atoms with Gasteiger partial charge in [0.05, 0.1) is 10.6 Å². The monoisotopic (exact) mass is 379 g/mol. The number of hydrogen-bond donors (Lipinski definition) is 1. The molecular weight excluding hydrogens is 361 g/mol. The van der Waals surface area contributed by atoms with Crippen molar-refractivity contribution in [1.29, 1.82) is 0 Å². The van der Waals surface area contributed by atoms with Crippen LogP contribution in [0.15, 0.2) is 22.7 Å². The Bertz CT molecular complexity index is 845. The van der Waals surface area contributed by atoms with Gasteiger partial charge in [0, 0.05) is 12.6 Å². The van der Waals surface area contributed by atoms with Gasteiger partial charge in [-0.1, -0.05) is 22.8 Å². The third kappa shape index (κ3) is 3.19. The highest BCUT2D eigenvalue weighted by Crippen LogP contribution is 2.33. The second-order valence-electron chi connectivity index (χ2n) is 6.50. The number of carbonyl (C=O) groups is 2. The number of nitrogens with zero attached hydrogens (tertiary/aromatic N) is 2. The summed E-state index contributed by atoms with van der Waals surface area (Å²) in [6, 6.07) is 3.64. The first-order valence-corrected chi connectivity index (χ1v) is 8.71. The number of aromatic nitrogens is 1. The second-order valence-corrected chi connectivity index (χ2v) is 6.91. The van der Waals surface area contributed by atoms with E-state index in [2.05, 4.69) is 10.5 Å². The molecule has 1 unspecified atom stereocenters. The molecule has 1 atom stereocenters. The second kappa shape index (κ2) is 7.07. The van der Waals surface area contributed by atoms with Crippen LogP contribution in [-0.2, 0) is 4.79 Å². The smallest absolute Gasteiger partial charge is 0.257 e. The highest BCUT2D eigenvalue weighted by molar-refractivity contribution is 6.33. The lowest BCUT2D eigenvalue weighted by Gasteiger charge is -2.21. The van der Waals surface area contributed by atoms with Crippen LogP contribution in [0.2, 0.25) is 5.02 Å². The zero-order chi connectivity index (χ0) is 19.0. The Morgan fingerprint density at radius 3 is 2.81 bits per heavy atom. The van der Waals surface area contributed by atoms with Crippen LogP contribution in [-0.4, -0.2) is 40.5 Å². The molecule has 1 saturated heterocycles. The standard InChI is InChI=1S/C18H19ClFN3O3/c1-9(2)23-8-7-13(18(23)25)21-17(24)14-10(3)26-22-16(14)15-11(19)5-4-6-12(15)20/h4-6,9,13H,7-8H2,1-3H3,(H,21,24). The maximum absolute atomic E-state index is 14.2. The predicted molar refractivity (Wildman–Crippen MR) is 94.4 cm³/mol. The van der Waals surface area contributed by atoms with E-state index in [0.29, 0.717) is 13.0 Å². The highest BCUT2D eigenvalue weighted by Gasteiger charge is 2.35. The molecular formula is C18H19ClFN3O3. The van der Waals surface area contributed by atoms with Crippen molar-refractivity contribution in [3.8, 4) is 11.3 Å². The number of nitrogens with one attached hydrogen (secondary N) is 1. The molecule has 26 heavy (non-hydrogen) atoms. The van der Waals surface area contributed by atoms with Crippen LogP contribution in [0.1, 0.15) is 36.4 Å². The van der Waals surface area contributed by atoms with E-state index in [1.54, 1.807) is 11.8 Å². The van der Waals surface area contributed by atoms with Crippen molar-refractivity contribution in [3.63, 3.8) is 0 Å². The SMILES string of the molecule is Cc1onc(-c2c(F)cccc2Cl)c1C(=O)NC1CCN(C(C)C)C1=O. The third-order valence-corrected chi connectivity index (χ3v) is 4.77. The topological polar surface area (TPSA) is 75.4 Å². The van der Waals surface area contributed by atoms with Gasteiger partial charge in [-0.15, -0.1) is 0 Å². The van der Waals surface area contributed by atoms with Gasteiger partial charge in [-0.3, -0.25) is 9.59 Å². The number of likely N-dealkylation sites (tertiary alicyclic amines) is 1. The molecule has 6 nitrogen and oxygen atoms in total. The summed E-state index contributed by atoms with van der Waals surface area (Å²) in [5.74, 6) is -1.05. The molecule has 2 aromatic rings. The number of carbonyl (C=O) groups excluding carboxylic acids is 2. The number of benzene rings is 1. The normalized spacial score (nSPS) is 17.2. The van der Waals surface area contributed by atoms with Gasteiger partial charge in [0.25, 0.3) is 5.91 Å². The molecule has 0 radical (unpaired) electrons. The molecule has 1 aliphatic heterocycles. The van der Waals surface area contributed by atoms with Gasteiger partial charge in [0.1, 0.15) is 28.9 Å². The Kier molecular flexibility index (Phi) is 5.00. The number of aryl methyl sites for hydroxylation is 1. The van der Waals surface area contributed by atoms with Crippen LogP contribution < -0.4 is 5.32 Å². The molecule has 0 saturated carbocycles. The molecule has 0 bridgehead atoms. The van der Waals surface area contributed by atoms with Gasteiger partial charge >= 0.3 is 0 Å². The lowest BCUT2D eigenvalue weighted by molar-refractivity contribution is -0.130. The van der Waals surface area contributed by atoms with Crippen molar-refractivity contribution in [2.45, 2.75) is 39.3 Å². The minimum absolute atomic E-state index is 0.00211. The first-order chi connectivity index (χ1) is 12.3. The summed E-state index contributed by atoms with van der Waals surface area (Å²) in [5, 5.41) is 6.64. The van der Waals surface area contributed by atoms with Crippen molar-refractivity contribution in [3.05, 3.63) is 40.4 Å². The summed E-state index contributed by atoms with van der Waals surface area (Å²) in [4.78, 5) is 26.9. The average Bonchev–Trinajstić information content (AvgIpc) is 3.11. The quantitative estimate of drug-likeness (QED) is 0.885. The number of rotatable bonds is 4. The lowest BCUT2D eigenvalue weighted by Crippen LogP contribution is -2.43. The maximum Gasteiger partial charge on any atom is 0.257 e. The van der Waals surface area contributed by atoms with E-state index in [0.717, 1.165) is 0 Å². The van der Waals surface area contributed by atoms with E-state index in [1.165, 1.54) is 18.2 Å². The van der Waals surface area contributed by atoms with Crippen molar-refractivity contribution in [2.75, 3.05) is 6.54 Å². The molecule has 138 valence electrons. The van der Waals surface area contributed by atoms with Crippen LogP contribution in [0.5, 0.6) is 0 Å². The van der Waals surface area contributed by atoms with Crippen molar-refractivity contribution in [1.82, 2.24) is 15.4 Å². The zero-order valence-electron chi connectivity index (χ0n) is 14.7. The van der Waals surface area contributed by atoms with E-state index in [4.69, 9.17) is 16.1 Å². The van der Waals surface area contributed by atoms with E-state index in [9.17, 15) is 14.0 Å². The van der Waals surface area contributed by atoms with Gasteiger partial charge in [-0.2, -0.15) is 0 Å². The molecule has 1 aliphatic rings. The van der Waals surface area contributed by atoms with Crippen LogP contribution in [0.4, 0.5) is 4.39 Å². The van der Waals surface area contributed by atoms with Crippen LogP contribution in [0.3, 0.4) is 0 Å². The Morgan fingerprint density at radius 1 is 1.46 bits per heavy atom. The Balaban J connectivity index is 1.90. The van der Waals surface area contributed by atoms with E-state index in [1.807, 2.05) is 13.8 Å². The largest absolute Gasteiger partial charge is 0.360 e. The molecule has 8 heteroatoms. The molecule has 2 amide bonds. The summed E-state index contributed by atoms with van der Waals surface area (Å²) < 4.78 is 19.3. The fraction of sp³-hybridized carbons (Fsp3) is 0.389. The fourth-order valence-corrected chi connectivity index (χ4v) is 3.37. The molecule has 0 aliphatic carbocycles. The number of halogens is 2. The van der Waals surface area contributed by atoms with Gasteiger partial charge in [0.15, 0.2) is 0 Å². The maximum atomic E-state index is 14.2. The Morgan fingerprint density at radius 2 is 2.19 bits per heavy atom. The summed E-state index contributed by atoms with van der Waals surface area (Å²) in [6.07, 6.45) is 0.517. The first-order valence-electron chi connectivity index (χ1n) is 8.33. The van der Waals surface area contributed by atoms with Gasteiger partial charge in [-0.05, 0) is 39.3 Å². The predicted octanol–water partition coefficient (Wildman–Crippen LogP) is 3.18. The van der Waals surface area contributed by atoms with Gasteiger partial charge in [-0.25, -0.2) is 4.39 Å². The molecule has 1 aromatic carbocycles. The molecule has 1 aromatic heterocycles. The lowest BCUT2D eigenvalue weighted by atomic mass is 10.0. The van der Waals surface area contributed by atoms with E-state index >= 15 is 0 Å². The van der Waals surface area contributed by atoms with Crippen molar-refractivity contribution >= 4 is 23.4 Å². The number of hydrogen-bond acceptors (Lipinski definition) is 4. The van der Waals surface area contributed by atoms with E-state index < -0.39 is 17.8 Å². The third-order valence-electron chi connectivity index (χ3n) is 4.46. The van der Waals surface area contributed by atoms with Gasteiger partial charge < -0.3 is 14.7 Å². The molecule has 1 N–H and O–H groups in total. The first kappa shape index (κ1) is 18.4. The molecule has 0 spiro atoms. The molecule has 2 heterocycles. The van der Waals surface area contributed by atoms with Crippen LogP contribution in [0.25, 0.3) is 11.3 Å². The minimum Gasteiger partial charge on any atom is -0.360 e. The average molecular weight is 380 g/mol. The Hall–Kier alpha value is -2.41. The van der Waals surface area contributed by atoms with Gasteiger partial charge in [0.2, 0.25) is 5.91 Å². The molecule has 1 fully saturated rings. The summed E-state index contributed by atoms with van der Waals surface area (Å²) in [7, 11) is 0. The van der Waals surface area contributed by atoms with Crippen LogP contribution in [0, 0.1) is 12.7 Å². The van der Waals surface area contributed by atoms with Crippen molar-refractivity contribution < 1.29 is 18.5 Å². The summed E-state index contributed by atoms with van der Waals surface area (Å²) >= 11 is 6.08. The highest BCUT2D eigenvalue weighted by atomic mass is 35.5. The Labute approximate surface area is 155 Å². The van der Waals surface area contributed by atoms with Crippen LogP contribution >= 0.6 is 11.6 Å². The van der Waals surface area contributed by atoms with Crippen molar-refractivity contribution in [2.24, 2.45) is 0 Å². The summed E-state index contributed by atoms with van der Waals surface area (Å²) in [5.41, 5.74) is 0.0970. The molecule has 3 rings (SSSR count). The fourth-order valence-electron chi connectivity index (χ4n) is 3.11. The van der Waals surface area contributed by atoms with E-state index in [-0.39, 0.29) is 39.6 Å². The zero-order valence-corrected chi connectivity index (χ0v) is 15.4.